The Hall–Kier alpha value is -2.46. The van der Waals surface area contributed by atoms with Crippen LogP contribution in [0.15, 0.2) is 6.20 Å². The molecule has 37 heavy (non-hydrogen) atoms. The number of anilines is 1. The molecule has 9 nitrogen and oxygen atoms in total. The van der Waals surface area contributed by atoms with Crippen LogP contribution in [0, 0.1) is 5.82 Å². The van der Waals surface area contributed by atoms with E-state index in [1.54, 1.807) is 0 Å². The van der Waals surface area contributed by atoms with E-state index in [1.807, 2.05) is 30.6 Å². The Morgan fingerprint density at radius 2 is 1.89 bits per heavy atom. The predicted molar refractivity (Wildman–Crippen MR) is 138 cm³/mol. The monoisotopic (exact) mass is 534 g/mol. The first-order chi connectivity index (χ1) is 18.4. The summed E-state index contributed by atoms with van der Waals surface area (Å²) < 4.78 is 44.7. The molecule has 2 aromatic rings. The molecule has 1 amide bonds. The molecule has 4 aliphatic heterocycles. The van der Waals surface area contributed by atoms with Gasteiger partial charge in [-0.2, -0.15) is 9.97 Å². The highest BCUT2D eigenvalue weighted by Gasteiger charge is 2.46. The minimum atomic E-state index is -2.08. The summed E-state index contributed by atoms with van der Waals surface area (Å²) in [7, 11) is 0. The largest absolute Gasteiger partial charge is 0.461 e. The van der Waals surface area contributed by atoms with Crippen LogP contribution in [0.2, 0.25) is 5.15 Å². The molecule has 4 saturated heterocycles. The number of amides is 1. The van der Waals surface area contributed by atoms with Gasteiger partial charge < -0.3 is 14.4 Å². The van der Waals surface area contributed by atoms with E-state index >= 15 is 4.39 Å². The molecule has 2 aromatic heterocycles. The van der Waals surface area contributed by atoms with Crippen LogP contribution < -0.4 is 9.64 Å². The molecule has 4 aliphatic rings. The lowest BCUT2D eigenvalue weighted by molar-refractivity contribution is 0.0122. The van der Waals surface area contributed by atoms with E-state index in [9.17, 15) is 4.79 Å². The highest BCUT2D eigenvalue weighted by Crippen LogP contribution is 2.40. The fraction of sp³-hybridized carbons (Fsp3) is 0.692. The van der Waals surface area contributed by atoms with Crippen molar-refractivity contribution in [1.82, 2.24) is 24.8 Å². The fourth-order valence-corrected chi connectivity index (χ4v) is 6.53. The fourth-order valence-electron chi connectivity index (χ4n) is 6.39. The number of rotatable bonds is 4. The number of ether oxygens (including phenoxy) is 2. The Labute approximate surface area is 224 Å². The normalized spacial score (nSPS) is 26.3. The molecular formula is C26H34ClFN6O3. The van der Waals surface area contributed by atoms with Gasteiger partial charge in [0.2, 0.25) is 0 Å². The summed E-state index contributed by atoms with van der Waals surface area (Å²) in [6.07, 6.45) is 5.88. The van der Waals surface area contributed by atoms with Crippen molar-refractivity contribution in [2.45, 2.75) is 82.5 Å². The van der Waals surface area contributed by atoms with Crippen LogP contribution in [0.5, 0.6) is 6.01 Å². The Balaban J connectivity index is 1.35. The van der Waals surface area contributed by atoms with Gasteiger partial charge in [-0.1, -0.05) is 11.6 Å². The highest BCUT2D eigenvalue weighted by molar-refractivity contribution is 6.30. The van der Waals surface area contributed by atoms with Crippen molar-refractivity contribution in [3.63, 3.8) is 0 Å². The third-order valence-electron chi connectivity index (χ3n) is 7.96. The van der Waals surface area contributed by atoms with Gasteiger partial charge in [-0.05, 0) is 72.4 Å². The molecule has 0 radical (unpaired) electrons. The summed E-state index contributed by atoms with van der Waals surface area (Å²) >= 11 is 6.01. The molecule has 2 atom stereocenters. The smallest absolute Gasteiger partial charge is 0.410 e. The summed E-state index contributed by atoms with van der Waals surface area (Å²) in [6.45, 7) is 6.02. The average molecular weight is 535 g/mol. The van der Waals surface area contributed by atoms with Crippen molar-refractivity contribution >= 4 is 34.4 Å². The van der Waals surface area contributed by atoms with Crippen molar-refractivity contribution in [1.29, 1.82) is 0 Å². The van der Waals surface area contributed by atoms with E-state index in [2.05, 4.69) is 19.9 Å². The number of hydrogen-bond acceptors (Lipinski definition) is 8. The summed E-state index contributed by atoms with van der Waals surface area (Å²) in [4.78, 5) is 31.8. The molecule has 0 aromatic carbocycles. The van der Waals surface area contributed by atoms with Gasteiger partial charge in [-0.25, -0.2) is 14.2 Å². The second-order valence-electron chi connectivity index (χ2n) is 11.6. The van der Waals surface area contributed by atoms with Gasteiger partial charge in [0.05, 0.1) is 25.8 Å². The van der Waals surface area contributed by atoms with Gasteiger partial charge in [-0.3, -0.25) is 9.80 Å². The zero-order chi connectivity index (χ0) is 27.7. The third-order valence-corrected chi connectivity index (χ3v) is 8.22. The predicted octanol–water partition coefficient (Wildman–Crippen LogP) is 4.41. The average Bonchev–Trinajstić information content (AvgIpc) is 3.52. The molecule has 0 aliphatic carbocycles. The van der Waals surface area contributed by atoms with E-state index in [-0.39, 0.29) is 34.9 Å². The lowest BCUT2D eigenvalue weighted by Gasteiger charge is -2.42. The zero-order valence-corrected chi connectivity index (χ0v) is 22.2. The van der Waals surface area contributed by atoms with Crippen LogP contribution in [0.4, 0.5) is 15.0 Å². The van der Waals surface area contributed by atoms with Crippen LogP contribution in [-0.2, 0) is 4.74 Å². The van der Waals surface area contributed by atoms with E-state index < -0.39 is 23.5 Å². The molecule has 2 bridgehead atoms. The first-order valence-corrected chi connectivity index (χ1v) is 13.5. The van der Waals surface area contributed by atoms with E-state index in [0.717, 1.165) is 38.8 Å². The van der Waals surface area contributed by atoms with Gasteiger partial charge in [0.15, 0.2) is 11.0 Å². The number of hydrogen-bond donors (Lipinski definition) is 0. The minimum absolute atomic E-state index is 0.0695. The number of piperazine rings is 1. The lowest BCUT2D eigenvalue weighted by atomic mass is 9.95. The zero-order valence-electron chi connectivity index (χ0n) is 23.5. The van der Waals surface area contributed by atoms with Crippen LogP contribution in [0.25, 0.3) is 10.9 Å². The minimum Gasteiger partial charge on any atom is -0.461 e. The molecule has 11 heteroatoms. The quantitative estimate of drug-likeness (QED) is 0.533. The van der Waals surface area contributed by atoms with E-state index in [0.29, 0.717) is 37.1 Å². The van der Waals surface area contributed by atoms with Crippen molar-refractivity contribution < 1.29 is 21.4 Å². The summed E-state index contributed by atoms with van der Waals surface area (Å²) in [5, 5.41) is 0.0312. The first kappa shape index (κ1) is 22.5. The van der Waals surface area contributed by atoms with E-state index in [1.165, 1.54) is 6.20 Å². The molecule has 6 rings (SSSR count). The van der Waals surface area contributed by atoms with Gasteiger partial charge in [-0.15, -0.1) is 0 Å². The number of nitrogens with zero attached hydrogens (tertiary/aromatic N) is 6. The molecule has 6 heterocycles. The van der Waals surface area contributed by atoms with Crippen molar-refractivity contribution in [3.05, 3.63) is 17.2 Å². The van der Waals surface area contributed by atoms with Crippen LogP contribution in [0.3, 0.4) is 0 Å². The maximum Gasteiger partial charge on any atom is 0.410 e. The molecule has 200 valence electrons. The van der Waals surface area contributed by atoms with Crippen molar-refractivity contribution in [2.75, 3.05) is 37.6 Å². The number of carbonyl (C=O) groups is 1. The summed E-state index contributed by atoms with van der Waals surface area (Å²) in [5.41, 5.74) is -1.42. The van der Waals surface area contributed by atoms with E-state index in [4.69, 9.17) is 23.8 Å². The second kappa shape index (κ2) is 9.08. The Bertz CT molecular complexity index is 1290. The highest BCUT2D eigenvalue weighted by atomic mass is 35.5. The second-order valence-corrected chi connectivity index (χ2v) is 11.9. The molecular weight excluding hydrogens is 499 g/mol. The van der Waals surface area contributed by atoms with Gasteiger partial charge in [0.1, 0.15) is 23.5 Å². The summed E-state index contributed by atoms with van der Waals surface area (Å²) in [6, 6.07) is -0.443. The first-order valence-electron chi connectivity index (χ1n) is 14.1. The van der Waals surface area contributed by atoms with Gasteiger partial charge >= 0.3 is 12.1 Å². The molecule has 0 saturated carbocycles. The summed E-state index contributed by atoms with van der Waals surface area (Å²) in [5.74, 6) is -0.415. The number of aromatic nitrogens is 3. The molecule has 4 fully saturated rings. The van der Waals surface area contributed by atoms with Crippen molar-refractivity contribution in [2.24, 2.45) is 0 Å². The van der Waals surface area contributed by atoms with Crippen LogP contribution >= 0.6 is 11.6 Å². The number of halogens is 2. The maximum atomic E-state index is 15.2. The molecule has 0 N–H and O–H groups in total. The van der Waals surface area contributed by atoms with Gasteiger partial charge in [0, 0.05) is 19.3 Å². The lowest BCUT2D eigenvalue weighted by Crippen LogP contribution is -2.57. The standard InChI is InChI=1S/C26H34ClFN6O3/c1-25(2,3)37-24(35)34-16-6-7-17(34)14-32(13-16)22-18-12-29-21(27)19(28)20(18)30-23(31-22)36-15-26-8-4-10-33(26)11-5-9-26/h12,16-17H,4-11,13-15H2,1-3H3/t16-,17+/i15D2. The van der Waals surface area contributed by atoms with Gasteiger partial charge in [0.25, 0.3) is 0 Å². The molecule has 0 unspecified atom stereocenters. The Morgan fingerprint density at radius 3 is 2.54 bits per heavy atom. The molecule has 0 spiro atoms. The number of fused-ring (bicyclic) bond motifs is 4. The topological polar surface area (TPSA) is 83.9 Å². The Morgan fingerprint density at radius 1 is 1.22 bits per heavy atom. The Kier molecular flexibility index (Phi) is 5.53. The van der Waals surface area contributed by atoms with Crippen molar-refractivity contribution in [3.8, 4) is 6.01 Å². The SMILES string of the molecule is [2H]C([2H])(Oc1nc(N2C[C@H]3CC[C@@H](C2)N3C(=O)OC(C)(C)C)c2cnc(Cl)c(F)c2n1)C12CCCN1CCC2. The van der Waals surface area contributed by atoms with Crippen LogP contribution in [-0.4, -0.2) is 86.8 Å². The van der Waals surface area contributed by atoms with Crippen LogP contribution in [0.1, 0.15) is 62.0 Å². The maximum absolute atomic E-state index is 15.2. The third kappa shape index (κ3) is 4.46. The number of carbonyl (C=O) groups excluding carboxylic acids is 1. The number of pyridine rings is 1.